The Morgan fingerprint density at radius 1 is 0.817 bits per heavy atom. The number of carboxylic acids is 1. The highest BCUT2D eigenvalue weighted by molar-refractivity contribution is 6.12. The van der Waals surface area contributed by atoms with Gasteiger partial charge in [0.05, 0.1) is 48.1 Å². The third kappa shape index (κ3) is 13.4. The van der Waals surface area contributed by atoms with Crippen molar-refractivity contribution in [2.24, 2.45) is 5.92 Å². The van der Waals surface area contributed by atoms with Gasteiger partial charge in [-0.25, -0.2) is 14.2 Å². The number of nitrogens with zero attached hydrogens (tertiary/aromatic N) is 3. The van der Waals surface area contributed by atoms with Crippen LogP contribution in [0.25, 0.3) is 22.3 Å². The average molecular weight is 1130 g/mol. The van der Waals surface area contributed by atoms with Gasteiger partial charge in [0.15, 0.2) is 17.2 Å². The Hall–Kier alpha value is -8.60. The van der Waals surface area contributed by atoms with Crippen molar-refractivity contribution in [3.8, 4) is 11.4 Å². The number of aryl methyl sites for hydroxylation is 1. The molecule has 2 aromatic carbocycles. The van der Waals surface area contributed by atoms with Crippen LogP contribution in [0.3, 0.4) is 0 Å². The van der Waals surface area contributed by atoms with E-state index in [0.717, 1.165) is 10.5 Å². The smallest absolute Gasteiger partial charge is 0.343 e. The number of carbonyl (C=O) groups excluding carboxylic acids is 10. The Morgan fingerprint density at radius 2 is 1.52 bits per heavy atom. The molecule has 5 heterocycles. The summed E-state index contributed by atoms with van der Waals surface area (Å²) >= 11 is 0. The van der Waals surface area contributed by atoms with E-state index < -0.39 is 114 Å². The van der Waals surface area contributed by atoms with Crippen LogP contribution in [0.2, 0.25) is 0 Å². The van der Waals surface area contributed by atoms with Gasteiger partial charge >= 0.3 is 11.9 Å². The van der Waals surface area contributed by atoms with Crippen LogP contribution in [-0.2, 0) is 89.1 Å². The van der Waals surface area contributed by atoms with Crippen molar-refractivity contribution < 1.29 is 72.1 Å². The molecular weight excluding hydrogens is 1070 g/mol. The number of aliphatic hydroxyl groups is 1. The molecular formula is C59H64FN7O15. The summed E-state index contributed by atoms with van der Waals surface area (Å²) in [5.41, 5.74) is 1.05. The zero-order valence-corrected chi connectivity index (χ0v) is 45.5. The molecule has 0 radical (unpaired) electrons. The number of benzene rings is 2. The number of esters is 1. The molecule has 1 aliphatic carbocycles. The monoisotopic (exact) mass is 1130 g/mol. The van der Waals surface area contributed by atoms with Crippen LogP contribution in [0.4, 0.5) is 4.39 Å². The number of hydrogen-bond donors (Lipinski definition) is 6. The molecule has 0 saturated carbocycles. The number of halogens is 1. The van der Waals surface area contributed by atoms with Crippen molar-refractivity contribution in [2.75, 3.05) is 19.6 Å². The van der Waals surface area contributed by atoms with Gasteiger partial charge in [0.2, 0.25) is 23.6 Å². The number of hydrogen-bond acceptors (Lipinski definition) is 15. The van der Waals surface area contributed by atoms with Crippen LogP contribution in [0.1, 0.15) is 135 Å². The summed E-state index contributed by atoms with van der Waals surface area (Å²) < 4.78 is 22.2. The number of nitrogens with one attached hydrogen (secondary N) is 4. The molecule has 0 bridgehead atoms. The Bertz CT molecular complexity index is 3380. The van der Waals surface area contributed by atoms with E-state index in [0.29, 0.717) is 53.3 Å². The third-order valence-corrected chi connectivity index (χ3v) is 15.6. The van der Waals surface area contributed by atoms with E-state index in [1.807, 2.05) is 0 Å². The largest absolute Gasteiger partial charge is 0.481 e. The van der Waals surface area contributed by atoms with Gasteiger partial charge in [0.1, 0.15) is 24.2 Å². The summed E-state index contributed by atoms with van der Waals surface area (Å²) in [6.07, 6.45) is 2.57. The van der Waals surface area contributed by atoms with Crippen molar-refractivity contribution >= 4 is 75.6 Å². The predicted octanol–water partition coefficient (Wildman–Crippen LogP) is 3.21. The van der Waals surface area contributed by atoms with Gasteiger partial charge in [-0.1, -0.05) is 43.7 Å². The normalized spacial score (nSPS) is 17.3. The quantitative estimate of drug-likeness (QED) is 0.0238. The van der Waals surface area contributed by atoms with E-state index in [2.05, 4.69) is 21.3 Å². The Kier molecular flexibility index (Phi) is 18.8. The molecule has 6 amide bonds. The summed E-state index contributed by atoms with van der Waals surface area (Å²) in [5, 5.41) is 32.2. The van der Waals surface area contributed by atoms with Crippen molar-refractivity contribution in [3.05, 3.63) is 110 Å². The second-order valence-electron chi connectivity index (χ2n) is 21.1. The minimum atomic E-state index is -2.11. The van der Waals surface area contributed by atoms with E-state index in [4.69, 9.17) is 9.72 Å². The lowest BCUT2D eigenvalue weighted by Crippen LogP contribution is -2.48. The number of amides is 6. The van der Waals surface area contributed by atoms with Crippen LogP contribution < -0.4 is 26.8 Å². The first-order valence-electron chi connectivity index (χ1n) is 27.5. The molecule has 0 fully saturated rings. The molecule has 0 unspecified atom stereocenters. The predicted molar refractivity (Wildman–Crippen MR) is 289 cm³/mol. The molecule has 3 aliphatic heterocycles. The molecule has 4 aliphatic rings. The van der Waals surface area contributed by atoms with Crippen LogP contribution in [0, 0.1) is 18.7 Å². The number of imide groups is 1. The fraction of sp³-hybridized carbons (Fsp3) is 0.441. The lowest BCUT2D eigenvalue weighted by atomic mass is 9.81. The molecule has 0 saturated heterocycles. The molecule has 23 heteroatoms. The van der Waals surface area contributed by atoms with Gasteiger partial charge in [0.25, 0.3) is 17.4 Å². The highest BCUT2D eigenvalue weighted by atomic mass is 19.1. The summed E-state index contributed by atoms with van der Waals surface area (Å²) in [7, 11) is 0. The number of unbranched alkanes of at least 4 members (excludes halogenated alkanes) is 2. The number of aromatic nitrogens is 2. The van der Waals surface area contributed by atoms with Crippen LogP contribution >= 0.6 is 0 Å². The average Bonchev–Trinajstić information content (AvgIpc) is 1.75. The second-order valence-corrected chi connectivity index (χ2v) is 21.1. The SMILES string of the molecule is CC[C@@]1(O)C(=O)OCc2c1cc1n(c2=O)Cc2c-1nc1cc(F)c(C)c3c1c2[C@@H](NC(=O)[C@H](CCC(=O)O)NC(=O)CCC(=O)CNC(=O)[C@@H](CC(=O)CNC(=O)CCC(=O)CCCCCN1C(=O)C=CC1=O)Cc1ccccc1)CC3. The maximum absolute atomic E-state index is 15.5. The lowest BCUT2D eigenvalue weighted by Gasteiger charge is -2.31. The fourth-order valence-corrected chi connectivity index (χ4v) is 11.0. The number of Topliss-reactive ketones (excluding diaryl/α,β-unsaturated/α-hetero) is 3. The summed E-state index contributed by atoms with van der Waals surface area (Å²) in [4.78, 5) is 161. The van der Waals surface area contributed by atoms with Crippen molar-refractivity contribution in [2.45, 2.75) is 141 Å². The molecule has 6 N–H and O–H groups in total. The number of pyridine rings is 2. The van der Waals surface area contributed by atoms with Gasteiger partial charge < -0.3 is 40.8 Å². The number of ketones is 3. The maximum Gasteiger partial charge on any atom is 0.343 e. The van der Waals surface area contributed by atoms with Crippen molar-refractivity contribution in [1.82, 2.24) is 35.7 Å². The molecule has 4 atom stereocenters. The van der Waals surface area contributed by atoms with Crippen LogP contribution in [0.5, 0.6) is 0 Å². The second kappa shape index (κ2) is 25.9. The molecule has 82 heavy (non-hydrogen) atoms. The summed E-state index contributed by atoms with van der Waals surface area (Å²) in [5.74, 6) is -8.31. The van der Waals surface area contributed by atoms with Gasteiger partial charge in [-0.05, 0) is 80.2 Å². The van der Waals surface area contributed by atoms with Crippen molar-refractivity contribution in [3.63, 3.8) is 0 Å². The highest BCUT2D eigenvalue weighted by Gasteiger charge is 2.46. The van der Waals surface area contributed by atoms with Crippen LogP contribution in [-0.4, -0.2) is 115 Å². The Balaban J connectivity index is 0.855. The standard InChI is InChI=1S/C59H64FN7O15/c1-3-59(81)41-26-46-54-39(30-67(46)57(79)40(41)31-82-58(59)80)53-43(16-15-38-32(2)42(60)27-45(64-54)52(38)53)65-56(78)44(17-22-51(75)76)63-48(72)19-14-36(69)28-62-55(77)34(24-33-10-6-4-7-11-33)25-37(70)29-61-47(71)18-13-35(68)12-8-5-9-23-66-49(73)20-21-50(66)74/h4,6-7,10-11,20-21,26-27,34,43-44,81H,3,5,8-9,12-19,22-25,28-31H2,1-2H3,(H,61,71)(H,62,77)(H,63,72)(H,65,78)(H,75,76)/t34-,43+,44+,59+/m1/s1. The van der Waals surface area contributed by atoms with Gasteiger partial charge in [-0.3, -0.25) is 57.6 Å². The first-order valence-corrected chi connectivity index (χ1v) is 27.5. The zero-order chi connectivity index (χ0) is 59.0. The van der Waals surface area contributed by atoms with E-state index in [1.54, 1.807) is 44.2 Å². The minimum Gasteiger partial charge on any atom is -0.481 e. The lowest BCUT2D eigenvalue weighted by molar-refractivity contribution is -0.172. The number of rotatable bonds is 28. The van der Waals surface area contributed by atoms with Gasteiger partial charge in [0, 0.05) is 92.1 Å². The number of fused-ring (bicyclic) bond motifs is 5. The first-order chi connectivity index (χ1) is 39.2. The fourth-order valence-electron chi connectivity index (χ4n) is 11.0. The molecule has 22 nitrogen and oxygen atoms in total. The number of cyclic esters (lactones) is 1. The zero-order valence-electron chi connectivity index (χ0n) is 45.5. The van der Waals surface area contributed by atoms with E-state index in [9.17, 15) is 67.7 Å². The number of aliphatic carboxylic acids is 1. The van der Waals surface area contributed by atoms with Crippen LogP contribution in [0.15, 0.2) is 59.4 Å². The molecule has 0 spiro atoms. The van der Waals surface area contributed by atoms with E-state index in [1.165, 1.54) is 28.9 Å². The Morgan fingerprint density at radius 3 is 2.24 bits per heavy atom. The number of carboxylic acid groups (broad SMARTS) is 1. The van der Waals surface area contributed by atoms with Crippen molar-refractivity contribution in [1.29, 1.82) is 0 Å². The number of carbonyl (C=O) groups is 11. The summed E-state index contributed by atoms with van der Waals surface area (Å²) in [6.45, 7) is 2.11. The topological polar surface area (TPSA) is 324 Å². The Labute approximate surface area is 469 Å². The molecule has 432 valence electrons. The van der Waals surface area contributed by atoms with E-state index >= 15 is 4.39 Å². The highest BCUT2D eigenvalue weighted by Crippen LogP contribution is 2.46. The minimum absolute atomic E-state index is 0.0407. The first kappa shape index (κ1) is 59.5. The molecule has 4 aromatic rings. The van der Waals surface area contributed by atoms with Gasteiger partial charge in [-0.2, -0.15) is 0 Å². The molecule has 8 rings (SSSR count). The third-order valence-electron chi connectivity index (χ3n) is 15.6. The van der Waals surface area contributed by atoms with E-state index in [-0.39, 0.29) is 117 Å². The maximum atomic E-state index is 15.5. The summed E-state index contributed by atoms with van der Waals surface area (Å²) in [6, 6.07) is 9.35. The molecule has 2 aromatic heterocycles. The number of ether oxygens (including phenoxy) is 1. The van der Waals surface area contributed by atoms with Gasteiger partial charge in [-0.15, -0.1) is 0 Å².